The van der Waals surface area contributed by atoms with Crippen LogP contribution in [0, 0.1) is 10.1 Å². The average molecular weight is 381 g/mol. The Hall–Kier alpha value is -1.71. The van der Waals surface area contributed by atoms with Crippen molar-refractivity contribution in [2.45, 2.75) is 13.5 Å². The maximum atomic E-state index is 11.8. The summed E-state index contributed by atoms with van der Waals surface area (Å²) in [5.74, 6) is -2.02. The summed E-state index contributed by atoms with van der Waals surface area (Å²) in [7, 11) is 0. The van der Waals surface area contributed by atoms with E-state index in [0.717, 1.165) is 11.6 Å². The molecule has 0 aliphatic carbocycles. The van der Waals surface area contributed by atoms with Crippen LogP contribution in [0.15, 0.2) is 54.3 Å². The predicted molar refractivity (Wildman–Crippen MR) is 88.5 cm³/mol. The molecule has 0 heterocycles. The quantitative estimate of drug-likeness (QED) is 0.159. The van der Waals surface area contributed by atoms with Gasteiger partial charge in [-0.05, 0) is 36.5 Å². The van der Waals surface area contributed by atoms with Gasteiger partial charge in [-0.1, -0.05) is 36.4 Å². The maximum absolute atomic E-state index is 11.8. The van der Waals surface area contributed by atoms with Crippen LogP contribution in [-0.4, -0.2) is 17.5 Å². The SMILES string of the molecule is CCOC(=O)/C([O-])=C/c1cccc(OCc2ccccc2)c1[N+](=O)[O-].[K+]. The molecule has 0 spiro atoms. The van der Waals surface area contributed by atoms with Crippen LogP contribution >= 0.6 is 0 Å². The number of nitro benzene ring substituents is 1. The fraction of sp³-hybridized carbons (Fsp3) is 0.167. The van der Waals surface area contributed by atoms with Gasteiger partial charge in [-0.25, -0.2) is 4.79 Å². The van der Waals surface area contributed by atoms with Crippen molar-refractivity contribution >= 4 is 17.7 Å². The molecule has 0 aliphatic rings. The molecule has 8 heteroatoms. The van der Waals surface area contributed by atoms with E-state index in [9.17, 15) is 20.0 Å². The van der Waals surface area contributed by atoms with E-state index in [1.54, 1.807) is 6.92 Å². The van der Waals surface area contributed by atoms with Crippen LogP contribution in [0.1, 0.15) is 18.1 Å². The Balaban J connectivity index is 0.00000338. The number of rotatable bonds is 7. The molecule has 0 amide bonds. The third-order valence-electron chi connectivity index (χ3n) is 3.21. The van der Waals surface area contributed by atoms with Gasteiger partial charge in [0.25, 0.3) is 0 Å². The van der Waals surface area contributed by atoms with E-state index in [-0.39, 0.29) is 81.6 Å². The van der Waals surface area contributed by atoms with Crippen LogP contribution < -0.4 is 61.2 Å². The van der Waals surface area contributed by atoms with E-state index in [2.05, 4.69) is 4.74 Å². The van der Waals surface area contributed by atoms with Crippen LogP contribution in [0.5, 0.6) is 5.75 Å². The van der Waals surface area contributed by atoms with Crippen molar-refractivity contribution in [3.05, 3.63) is 75.5 Å². The first-order chi connectivity index (χ1) is 12.0. The van der Waals surface area contributed by atoms with Crippen molar-refractivity contribution in [1.82, 2.24) is 0 Å². The molecule has 0 saturated heterocycles. The Morgan fingerprint density at radius 1 is 1.15 bits per heavy atom. The van der Waals surface area contributed by atoms with Crippen LogP contribution in [0.25, 0.3) is 6.08 Å². The van der Waals surface area contributed by atoms with Crippen molar-refractivity contribution in [2.75, 3.05) is 6.61 Å². The third kappa shape index (κ3) is 6.22. The number of nitrogens with zero attached hydrogens (tertiary/aromatic N) is 1. The molecule has 130 valence electrons. The Kier molecular flexibility index (Phi) is 9.53. The minimum atomic E-state index is -1.06. The van der Waals surface area contributed by atoms with E-state index in [0.29, 0.717) is 0 Å². The zero-order valence-electron chi connectivity index (χ0n) is 14.5. The van der Waals surface area contributed by atoms with Crippen molar-refractivity contribution in [1.29, 1.82) is 0 Å². The van der Waals surface area contributed by atoms with Crippen molar-refractivity contribution < 1.29 is 75.7 Å². The number of carbonyl (C=O) groups is 1. The monoisotopic (exact) mass is 381 g/mol. The second-order valence-corrected chi connectivity index (χ2v) is 4.95. The van der Waals surface area contributed by atoms with E-state index in [1.165, 1.54) is 18.2 Å². The number of para-hydroxylation sites is 1. The zero-order chi connectivity index (χ0) is 18.2. The van der Waals surface area contributed by atoms with Crippen molar-refractivity contribution in [3.63, 3.8) is 0 Å². The summed E-state index contributed by atoms with van der Waals surface area (Å²) in [4.78, 5) is 22.2. The molecule has 0 radical (unpaired) electrons. The molecular weight excluding hydrogens is 365 g/mol. The number of hydrogen-bond donors (Lipinski definition) is 0. The number of carbonyl (C=O) groups excluding carboxylic acids is 1. The van der Waals surface area contributed by atoms with Gasteiger partial charge < -0.3 is 14.6 Å². The Morgan fingerprint density at radius 2 is 1.85 bits per heavy atom. The van der Waals surface area contributed by atoms with E-state index in [4.69, 9.17) is 4.74 Å². The molecule has 0 N–H and O–H groups in total. The second-order valence-electron chi connectivity index (χ2n) is 4.95. The fourth-order valence-electron chi connectivity index (χ4n) is 2.11. The molecule has 0 bridgehead atoms. The van der Waals surface area contributed by atoms with Crippen molar-refractivity contribution in [2.24, 2.45) is 0 Å². The second kappa shape index (κ2) is 11.1. The van der Waals surface area contributed by atoms with Crippen LogP contribution in [0.2, 0.25) is 0 Å². The molecule has 2 aromatic rings. The molecule has 0 unspecified atom stereocenters. The van der Waals surface area contributed by atoms with Gasteiger partial charge in [0.05, 0.1) is 17.1 Å². The summed E-state index contributed by atoms with van der Waals surface area (Å²) < 4.78 is 10.1. The molecule has 2 aromatic carbocycles. The van der Waals surface area contributed by atoms with Gasteiger partial charge in [0.15, 0.2) is 5.75 Å². The first kappa shape index (κ1) is 22.3. The molecule has 2 rings (SSSR count). The summed E-state index contributed by atoms with van der Waals surface area (Å²) in [6.45, 7) is 1.74. The summed E-state index contributed by atoms with van der Waals surface area (Å²) in [5.41, 5.74) is 0.443. The Labute approximate surface area is 193 Å². The van der Waals surface area contributed by atoms with Gasteiger partial charge in [-0.2, -0.15) is 0 Å². The normalized spacial score (nSPS) is 10.6. The van der Waals surface area contributed by atoms with Gasteiger partial charge in [-0.15, -0.1) is 0 Å². The number of ether oxygens (including phenoxy) is 2. The van der Waals surface area contributed by atoms with E-state index >= 15 is 0 Å². The summed E-state index contributed by atoms with van der Waals surface area (Å²) in [6, 6.07) is 13.5. The van der Waals surface area contributed by atoms with Gasteiger partial charge in [-0.3, -0.25) is 10.1 Å². The van der Waals surface area contributed by atoms with Gasteiger partial charge in [0.2, 0.25) is 0 Å². The van der Waals surface area contributed by atoms with Crippen LogP contribution in [-0.2, 0) is 16.1 Å². The largest absolute Gasteiger partial charge is 1.00 e. The molecule has 0 aromatic heterocycles. The fourth-order valence-corrected chi connectivity index (χ4v) is 2.11. The zero-order valence-corrected chi connectivity index (χ0v) is 17.6. The number of benzene rings is 2. The average Bonchev–Trinajstić information content (AvgIpc) is 2.60. The third-order valence-corrected chi connectivity index (χ3v) is 3.21. The van der Waals surface area contributed by atoms with E-state index < -0.39 is 16.7 Å². The van der Waals surface area contributed by atoms with Crippen LogP contribution in [0.3, 0.4) is 0 Å². The molecule has 0 saturated carbocycles. The van der Waals surface area contributed by atoms with Gasteiger partial charge in [0, 0.05) is 0 Å². The molecule has 0 fully saturated rings. The molecular formula is C18H16KNO6. The Bertz CT molecular complexity index is 792. The molecule has 0 atom stereocenters. The van der Waals surface area contributed by atoms with Crippen LogP contribution in [0.4, 0.5) is 5.69 Å². The maximum Gasteiger partial charge on any atom is 1.00 e. The molecule has 7 nitrogen and oxygen atoms in total. The van der Waals surface area contributed by atoms with E-state index in [1.807, 2.05) is 30.3 Å². The molecule has 0 aliphatic heterocycles. The number of esters is 1. The standard InChI is InChI=1S/C18H17NO6.K/c1-2-24-18(21)15(20)11-14-9-6-10-16(17(14)19(22)23)25-12-13-7-4-3-5-8-13;/h3-11,20H,2,12H2,1H3;/q;+1/p-1/b15-11-;. The number of nitro groups is 1. The summed E-state index contributed by atoms with van der Waals surface area (Å²) in [5, 5.41) is 23.2. The minimum absolute atomic E-state index is 0. The minimum Gasteiger partial charge on any atom is -0.868 e. The van der Waals surface area contributed by atoms with Gasteiger partial charge >= 0.3 is 63.0 Å². The summed E-state index contributed by atoms with van der Waals surface area (Å²) >= 11 is 0. The number of hydrogen-bond acceptors (Lipinski definition) is 6. The predicted octanol–water partition coefficient (Wildman–Crippen LogP) is -0.558. The molecule has 26 heavy (non-hydrogen) atoms. The first-order valence-electron chi connectivity index (χ1n) is 7.53. The topological polar surface area (TPSA) is 102 Å². The first-order valence-corrected chi connectivity index (χ1v) is 7.53. The Morgan fingerprint density at radius 3 is 2.46 bits per heavy atom. The smallest absolute Gasteiger partial charge is 0.868 e. The van der Waals surface area contributed by atoms with Gasteiger partial charge in [0.1, 0.15) is 6.61 Å². The van der Waals surface area contributed by atoms with Crippen molar-refractivity contribution in [3.8, 4) is 5.75 Å². The summed E-state index contributed by atoms with van der Waals surface area (Å²) in [6.07, 6.45) is 0.880.